The Balaban J connectivity index is 2.44. The van der Waals surface area contributed by atoms with Crippen LogP contribution in [-0.2, 0) is 14.6 Å². The van der Waals surface area contributed by atoms with Crippen LogP contribution in [0.25, 0.3) is 0 Å². The third-order valence-corrected chi connectivity index (χ3v) is 5.64. The van der Waals surface area contributed by atoms with Gasteiger partial charge in [0.05, 0.1) is 5.75 Å². The Kier molecular flexibility index (Phi) is 9.53. The van der Waals surface area contributed by atoms with Crippen molar-refractivity contribution in [2.75, 3.05) is 51.8 Å². The lowest BCUT2D eigenvalue weighted by atomic mass is 9.96. The number of piperidine rings is 1. The average Bonchev–Trinajstić information content (AvgIpc) is 2.58. The Bertz CT molecular complexity index is 620. The molecule has 1 amide bonds. The van der Waals surface area contributed by atoms with E-state index in [1.165, 1.54) is 6.26 Å². The number of guanidine groups is 1. The predicted molar refractivity (Wildman–Crippen MR) is 113 cm³/mol. The molecule has 1 saturated heterocycles. The molecule has 28 heavy (non-hydrogen) atoms. The molecule has 0 radical (unpaired) electrons. The minimum absolute atomic E-state index is 0.177. The number of nitrogens with zero attached hydrogens (tertiary/aromatic N) is 3. The number of sulfone groups is 1. The second-order valence-electron chi connectivity index (χ2n) is 8.41. The molecule has 164 valence electrons. The number of amides is 1. The van der Waals surface area contributed by atoms with Crippen molar-refractivity contribution in [3.63, 3.8) is 0 Å². The number of ether oxygens (including phenoxy) is 1. The molecule has 0 spiro atoms. The lowest BCUT2D eigenvalue weighted by Crippen LogP contribution is -2.48. The number of carbonyl (C=O) groups is 1. The van der Waals surface area contributed by atoms with Gasteiger partial charge in [-0.1, -0.05) is 0 Å². The van der Waals surface area contributed by atoms with Gasteiger partial charge in [-0.05, 0) is 52.9 Å². The molecule has 1 N–H and O–H groups in total. The molecule has 1 aliphatic rings. The number of hydrogen-bond donors (Lipinski definition) is 1. The Morgan fingerprint density at radius 2 is 1.89 bits per heavy atom. The van der Waals surface area contributed by atoms with Crippen molar-refractivity contribution < 1.29 is 17.9 Å². The zero-order chi connectivity index (χ0) is 21.4. The first-order valence-corrected chi connectivity index (χ1v) is 12.1. The van der Waals surface area contributed by atoms with E-state index < -0.39 is 15.4 Å². The summed E-state index contributed by atoms with van der Waals surface area (Å²) in [4.78, 5) is 20.6. The number of carbonyl (C=O) groups excluding carboxylic acids is 1. The highest BCUT2D eigenvalue weighted by Crippen LogP contribution is 2.20. The summed E-state index contributed by atoms with van der Waals surface area (Å²) < 4.78 is 27.9. The number of nitrogens with one attached hydrogen (secondary N) is 1. The van der Waals surface area contributed by atoms with Crippen LogP contribution in [0, 0.1) is 5.92 Å². The fourth-order valence-corrected chi connectivity index (χ4v) is 3.83. The molecule has 0 aromatic carbocycles. The maximum absolute atomic E-state index is 12.3. The molecule has 8 nitrogen and oxygen atoms in total. The normalized spacial score (nSPS) is 16.8. The molecule has 1 fully saturated rings. The molecule has 0 bridgehead atoms. The molecule has 9 heteroatoms. The molecule has 0 aliphatic carbocycles. The maximum Gasteiger partial charge on any atom is 0.410 e. The average molecular weight is 419 g/mol. The van der Waals surface area contributed by atoms with E-state index in [9.17, 15) is 13.2 Å². The van der Waals surface area contributed by atoms with Gasteiger partial charge < -0.3 is 19.9 Å². The van der Waals surface area contributed by atoms with Crippen LogP contribution in [0.5, 0.6) is 0 Å². The summed E-state index contributed by atoms with van der Waals surface area (Å²) in [5.74, 6) is 1.43. The summed E-state index contributed by atoms with van der Waals surface area (Å²) in [6.45, 7) is 11.3. The van der Waals surface area contributed by atoms with Gasteiger partial charge in [0, 0.05) is 46.0 Å². The van der Waals surface area contributed by atoms with E-state index in [-0.39, 0.29) is 11.8 Å². The summed E-state index contributed by atoms with van der Waals surface area (Å²) >= 11 is 0. The van der Waals surface area contributed by atoms with Gasteiger partial charge in [0.1, 0.15) is 15.4 Å². The van der Waals surface area contributed by atoms with E-state index >= 15 is 0 Å². The topological polar surface area (TPSA) is 91.3 Å². The van der Waals surface area contributed by atoms with Crippen LogP contribution in [0.15, 0.2) is 4.99 Å². The molecule has 0 aromatic heterocycles. The summed E-state index contributed by atoms with van der Waals surface area (Å²) in [6, 6.07) is 0. The largest absolute Gasteiger partial charge is 0.444 e. The van der Waals surface area contributed by atoms with Crippen LogP contribution in [0.3, 0.4) is 0 Å². The van der Waals surface area contributed by atoms with Gasteiger partial charge in [-0.2, -0.15) is 0 Å². The van der Waals surface area contributed by atoms with Crippen molar-refractivity contribution >= 4 is 21.9 Å². The number of aliphatic imine (C=N–C) groups is 1. The standard InChI is InChI=1S/C19H38N4O4S/c1-7-22(18(24)27-19(2,3)4)15-16-9-12-23(13-10-16)17(20-5)21-11-8-14-28(6,25)26/h16H,7-15H2,1-6H3,(H,20,21). The van der Waals surface area contributed by atoms with Crippen molar-refractivity contribution in [2.45, 2.75) is 52.6 Å². The van der Waals surface area contributed by atoms with Crippen molar-refractivity contribution in [2.24, 2.45) is 10.9 Å². The van der Waals surface area contributed by atoms with Gasteiger partial charge in [0.25, 0.3) is 0 Å². The zero-order valence-corrected chi connectivity index (χ0v) is 19.1. The monoisotopic (exact) mass is 418 g/mol. The summed E-state index contributed by atoms with van der Waals surface area (Å²) in [5.41, 5.74) is -0.483. The van der Waals surface area contributed by atoms with Gasteiger partial charge in [0.15, 0.2) is 5.96 Å². The molecule has 0 aromatic rings. The van der Waals surface area contributed by atoms with Crippen molar-refractivity contribution in [3.8, 4) is 0 Å². The summed E-state index contributed by atoms with van der Waals surface area (Å²) in [5, 5.41) is 3.25. The minimum Gasteiger partial charge on any atom is -0.444 e. The van der Waals surface area contributed by atoms with Gasteiger partial charge in [-0.15, -0.1) is 0 Å². The van der Waals surface area contributed by atoms with Gasteiger partial charge in [0.2, 0.25) is 0 Å². The van der Waals surface area contributed by atoms with Gasteiger partial charge in [-0.25, -0.2) is 13.2 Å². The summed E-state index contributed by atoms with van der Waals surface area (Å²) in [6.07, 6.45) is 3.52. The smallest absolute Gasteiger partial charge is 0.410 e. The van der Waals surface area contributed by atoms with Crippen LogP contribution in [0.2, 0.25) is 0 Å². The maximum atomic E-state index is 12.3. The highest BCUT2D eigenvalue weighted by molar-refractivity contribution is 7.90. The number of likely N-dealkylation sites (tertiary alicyclic amines) is 1. The first-order chi connectivity index (χ1) is 12.9. The summed E-state index contributed by atoms with van der Waals surface area (Å²) in [7, 11) is -1.19. The molecule has 1 heterocycles. The first kappa shape index (κ1) is 24.5. The second kappa shape index (κ2) is 10.9. The Hall–Kier alpha value is -1.51. The second-order valence-corrected chi connectivity index (χ2v) is 10.7. The van der Waals surface area contributed by atoms with E-state index in [1.807, 2.05) is 27.7 Å². The Morgan fingerprint density at radius 3 is 2.36 bits per heavy atom. The molecule has 0 saturated carbocycles. The highest BCUT2D eigenvalue weighted by atomic mass is 32.2. The first-order valence-electron chi connectivity index (χ1n) is 10.1. The molecule has 0 unspecified atom stereocenters. The Morgan fingerprint density at radius 1 is 1.29 bits per heavy atom. The van der Waals surface area contributed by atoms with Crippen molar-refractivity contribution in [3.05, 3.63) is 0 Å². The molecule has 0 atom stereocenters. The third kappa shape index (κ3) is 9.61. The fourth-order valence-electron chi connectivity index (χ4n) is 3.17. The quantitative estimate of drug-likeness (QED) is 0.386. The third-order valence-electron chi connectivity index (χ3n) is 4.61. The van der Waals surface area contributed by atoms with Crippen LogP contribution in [0.1, 0.15) is 47.0 Å². The molecule has 1 rings (SSSR count). The minimum atomic E-state index is -2.93. The van der Waals surface area contributed by atoms with Crippen LogP contribution >= 0.6 is 0 Å². The molecular formula is C19H38N4O4S. The van der Waals surface area contributed by atoms with Crippen LogP contribution < -0.4 is 5.32 Å². The van der Waals surface area contributed by atoms with Crippen molar-refractivity contribution in [1.82, 2.24) is 15.1 Å². The van der Waals surface area contributed by atoms with Crippen LogP contribution in [0.4, 0.5) is 4.79 Å². The van der Waals surface area contributed by atoms with E-state index in [1.54, 1.807) is 11.9 Å². The lowest BCUT2D eigenvalue weighted by molar-refractivity contribution is 0.0214. The van der Waals surface area contributed by atoms with Gasteiger partial charge in [-0.3, -0.25) is 4.99 Å². The van der Waals surface area contributed by atoms with E-state index in [2.05, 4.69) is 15.2 Å². The van der Waals surface area contributed by atoms with E-state index in [0.29, 0.717) is 32.0 Å². The predicted octanol–water partition coefficient (Wildman–Crippen LogP) is 1.97. The zero-order valence-electron chi connectivity index (χ0n) is 18.3. The lowest BCUT2D eigenvalue weighted by Gasteiger charge is -2.36. The molecular weight excluding hydrogens is 380 g/mol. The van der Waals surface area contributed by atoms with Crippen LogP contribution in [-0.4, -0.2) is 87.7 Å². The van der Waals surface area contributed by atoms with Gasteiger partial charge >= 0.3 is 6.09 Å². The number of hydrogen-bond acceptors (Lipinski definition) is 5. The van der Waals surface area contributed by atoms with E-state index in [0.717, 1.165) is 31.9 Å². The SMILES string of the molecule is CCN(CC1CCN(C(=NC)NCCCS(C)(=O)=O)CC1)C(=O)OC(C)(C)C. The molecule has 1 aliphatic heterocycles. The Labute approximate surface area is 170 Å². The highest BCUT2D eigenvalue weighted by Gasteiger charge is 2.27. The fraction of sp³-hybridized carbons (Fsp3) is 0.895. The van der Waals surface area contributed by atoms with E-state index in [4.69, 9.17) is 4.74 Å². The van der Waals surface area contributed by atoms with Crippen molar-refractivity contribution in [1.29, 1.82) is 0 Å². The number of rotatable bonds is 7.